The maximum atomic E-state index is 5.23. The number of nitrogens with two attached hydrogens (primary N) is 1. The lowest BCUT2D eigenvalue weighted by Crippen LogP contribution is -2.20. The highest BCUT2D eigenvalue weighted by Gasteiger charge is 2.12. The molecule has 0 saturated carbocycles. The molecule has 0 aliphatic carbocycles. The molecule has 1 rings (SSSR count). The third-order valence-electron chi connectivity index (χ3n) is 2.13. The highest BCUT2D eigenvalue weighted by Crippen LogP contribution is 2.21. The van der Waals surface area contributed by atoms with Gasteiger partial charge in [-0.25, -0.2) is 0 Å². The van der Waals surface area contributed by atoms with Crippen LogP contribution in [0.25, 0.3) is 0 Å². The minimum atomic E-state index is 0.231. The molecule has 15 heavy (non-hydrogen) atoms. The second kappa shape index (κ2) is 6.59. The Kier molecular flexibility index (Phi) is 6.21. The van der Waals surface area contributed by atoms with Gasteiger partial charge in [-0.05, 0) is 16.5 Å². The lowest BCUT2D eigenvalue weighted by molar-refractivity contribution is 0.589. The van der Waals surface area contributed by atoms with E-state index in [1.54, 1.807) is 0 Å². The minimum absolute atomic E-state index is 0.231. The first kappa shape index (κ1) is 14.1. The molecule has 0 unspecified atom stereocenters. The largest absolute Gasteiger partial charge is 0.271 e. The molecular weight excluding hydrogens is 184 g/mol. The van der Waals surface area contributed by atoms with E-state index in [1.165, 1.54) is 11.1 Å². The molecular formula is C13H24N2. The van der Waals surface area contributed by atoms with E-state index in [1.807, 2.05) is 13.8 Å². The first-order chi connectivity index (χ1) is 7.04. The Bertz CT molecular complexity index is 257. The fraction of sp³-hybridized carbons (Fsp3) is 0.538. The van der Waals surface area contributed by atoms with Crippen molar-refractivity contribution in [1.29, 1.82) is 0 Å². The molecule has 2 nitrogen and oxygen atoms in total. The maximum Gasteiger partial charge on any atom is 0.0348 e. The lowest BCUT2D eigenvalue weighted by Gasteiger charge is -2.19. The molecule has 0 heterocycles. The quantitative estimate of drug-likeness (QED) is 0.579. The topological polar surface area (TPSA) is 38.0 Å². The Morgan fingerprint density at radius 3 is 1.87 bits per heavy atom. The summed E-state index contributed by atoms with van der Waals surface area (Å²) in [5.41, 5.74) is 5.45. The van der Waals surface area contributed by atoms with Crippen LogP contribution in [0.15, 0.2) is 24.3 Å². The van der Waals surface area contributed by atoms with Crippen molar-refractivity contribution in [3.05, 3.63) is 35.4 Å². The second-order valence-electron chi connectivity index (χ2n) is 4.33. The number of hydrogen-bond acceptors (Lipinski definition) is 2. The Balaban J connectivity index is 0.000000921. The first-order valence-electron chi connectivity index (χ1n) is 5.57. The number of benzene rings is 1. The molecule has 0 aliphatic rings. The SMILES string of the molecule is CC.CC(C)(C)c1ccc(CNN)cc1. The van der Waals surface area contributed by atoms with Crippen LogP contribution in [-0.2, 0) is 12.0 Å². The number of hydrogen-bond donors (Lipinski definition) is 2. The van der Waals surface area contributed by atoms with Crippen LogP contribution in [0.1, 0.15) is 45.7 Å². The molecule has 0 saturated heterocycles. The summed E-state index contributed by atoms with van der Waals surface area (Å²) in [5, 5.41) is 0. The van der Waals surface area contributed by atoms with Crippen LogP contribution >= 0.6 is 0 Å². The predicted molar refractivity (Wildman–Crippen MR) is 67.5 cm³/mol. The van der Waals surface area contributed by atoms with E-state index >= 15 is 0 Å². The van der Waals surface area contributed by atoms with Gasteiger partial charge in [-0.15, -0.1) is 0 Å². The Labute approximate surface area is 93.9 Å². The summed E-state index contributed by atoms with van der Waals surface area (Å²) in [6.07, 6.45) is 0. The van der Waals surface area contributed by atoms with E-state index in [4.69, 9.17) is 5.84 Å². The molecule has 0 aromatic heterocycles. The van der Waals surface area contributed by atoms with E-state index < -0.39 is 0 Å². The van der Waals surface area contributed by atoms with Gasteiger partial charge in [-0.1, -0.05) is 58.9 Å². The molecule has 1 aromatic rings. The number of nitrogens with one attached hydrogen (secondary N) is 1. The zero-order chi connectivity index (χ0) is 11.9. The molecule has 0 atom stereocenters. The van der Waals surface area contributed by atoms with Gasteiger partial charge in [0.2, 0.25) is 0 Å². The molecule has 0 aliphatic heterocycles. The van der Waals surface area contributed by atoms with Crippen LogP contribution in [0.2, 0.25) is 0 Å². The van der Waals surface area contributed by atoms with Crippen molar-refractivity contribution in [2.24, 2.45) is 5.84 Å². The van der Waals surface area contributed by atoms with Gasteiger partial charge in [0, 0.05) is 6.54 Å². The molecule has 2 heteroatoms. The molecule has 0 radical (unpaired) electrons. The standard InChI is InChI=1S/C11H18N2.C2H6/c1-11(2,3)10-6-4-9(5-7-10)8-13-12;1-2/h4-7,13H,8,12H2,1-3H3;1-2H3. The van der Waals surface area contributed by atoms with Crippen molar-refractivity contribution in [2.45, 2.75) is 46.6 Å². The molecule has 1 aromatic carbocycles. The monoisotopic (exact) mass is 208 g/mol. The third kappa shape index (κ3) is 4.96. The average Bonchev–Trinajstić information content (AvgIpc) is 2.21. The lowest BCUT2D eigenvalue weighted by atomic mass is 9.87. The van der Waals surface area contributed by atoms with Crippen molar-refractivity contribution in [2.75, 3.05) is 0 Å². The molecule has 0 amide bonds. The van der Waals surface area contributed by atoms with Crippen LogP contribution in [0.3, 0.4) is 0 Å². The molecule has 0 fully saturated rings. The van der Waals surface area contributed by atoms with E-state index in [0.29, 0.717) is 0 Å². The summed E-state index contributed by atoms with van der Waals surface area (Å²) in [6.45, 7) is 11.4. The Morgan fingerprint density at radius 2 is 1.53 bits per heavy atom. The molecule has 86 valence electrons. The normalized spacial score (nSPS) is 10.5. The average molecular weight is 208 g/mol. The van der Waals surface area contributed by atoms with Crippen LogP contribution in [-0.4, -0.2) is 0 Å². The number of hydrazine groups is 1. The van der Waals surface area contributed by atoms with Gasteiger partial charge in [0.1, 0.15) is 0 Å². The van der Waals surface area contributed by atoms with Crippen LogP contribution < -0.4 is 11.3 Å². The highest BCUT2D eigenvalue weighted by molar-refractivity contribution is 5.27. The van der Waals surface area contributed by atoms with E-state index in [0.717, 1.165) is 6.54 Å². The summed E-state index contributed by atoms with van der Waals surface area (Å²) in [4.78, 5) is 0. The Hall–Kier alpha value is -0.860. The maximum absolute atomic E-state index is 5.23. The fourth-order valence-corrected chi connectivity index (χ4v) is 1.24. The highest BCUT2D eigenvalue weighted by atomic mass is 15.2. The van der Waals surface area contributed by atoms with E-state index in [2.05, 4.69) is 50.5 Å². The first-order valence-corrected chi connectivity index (χ1v) is 5.57. The van der Waals surface area contributed by atoms with Crippen molar-refractivity contribution < 1.29 is 0 Å². The fourth-order valence-electron chi connectivity index (χ4n) is 1.24. The van der Waals surface area contributed by atoms with E-state index in [9.17, 15) is 0 Å². The summed E-state index contributed by atoms with van der Waals surface area (Å²) in [7, 11) is 0. The summed E-state index contributed by atoms with van der Waals surface area (Å²) >= 11 is 0. The third-order valence-corrected chi connectivity index (χ3v) is 2.13. The smallest absolute Gasteiger partial charge is 0.0348 e. The molecule has 0 spiro atoms. The van der Waals surface area contributed by atoms with Gasteiger partial charge in [0.15, 0.2) is 0 Å². The summed E-state index contributed by atoms with van der Waals surface area (Å²) in [6, 6.07) is 8.54. The van der Waals surface area contributed by atoms with Gasteiger partial charge in [0.25, 0.3) is 0 Å². The number of rotatable bonds is 2. The van der Waals surface area contributed by atoms with Gasteiger partial charge < -0.3 is 0 Å². The van der Waals surface area contributed by atoms with Crippen LogP contribution in [0.5, 0.6) is 0 Å². The van der Waals surface area contributed by atoms with Crippen molar-refractivity contribution >= 4 is 0 Å². The van der Waals surface area contributed by atoms with Gasteiger partial charge in [-0.2, -0.15) is 0 Å². The molecule has 0 bridgehead atoms. The summed E-state index contributed by atoms with van der Waals surface area (Å²) < 4.78 is 0. The van der Waals surface area contributed by atoms with Gasteiger partial charge in [0.05, 0.1) is 0 Å². The van der Waals surface area contributed by atoms with Crippen molar-refractivity contribution in [3.8, 4) is 0 Å². The predicted octanol–water partition coefficient (Wildman–Crippen LogP) is 2.97. The minimum Gasteiger partial charge on any atom is -0.271 e. The van der Waals surface area contributed by atoms with Crippen LogP contribution in [0, 0.1) is 0 Å². The zero-order valence-electron chi connectivity index (χ0n) is 10.6. The second-order valence-corrected chi connectivity index (χ2v) is 4.33. The summed E-state index contributed by atoms with van der Waals surface area (Å²) in [5.74, 6) is 5.23. The van der Waals surface area contributed by atoms with Crippen LogP contribution in [0.4, 0.5) is 0 Å². The van der Waals surface area contributed by atoms with Crippen molar-refractivity contribution in [1.82, 2.24) is 5.43 Å². The van der Waals surface area contributed by atoms with Gasteiger partial charge in [-0.3, -0.25) is 11.3 Å². The van der Waals surface area contributed by atoms with Gasteiger partial charge >= 0.3 is 0 Å². The zero-order valence-corrected chi connectivity index (χ0v) is 10.6. The van der Waals surface area contributed by atoms with E-state index in [-0.39, 0.29) is 5.41 Å². The van der Waals surface area contributed by atoms with Crippen molar-refractivity contribution in [3.63, 3.8) is 0 Å². The molecule has 3 N–H and O–H groups in total. The Morgan fingerprint density at radius 1 is 1.07 bits per heavy atom.